The molecule has 1 aromatic rings. The van der Waals surface area contributed by atoms with Gasteiger partial charge in [0.1, 0.15) is 12.3 Å². The molecule has 0 radical (unpaired) electrons. The summed E-state index contributed by atoms with van der Waals surface area (Å²) in [6.45, 7) is 0.720. The van der Waals surface area contributed by atoms with Gasteiger partial charge in [0.05, 0.1) is 0 Å². The minimum atomic E-state index is -4.25. The number of hydrogen-bond acceptors (Lipinski definition) is 3. The molecule has 0 aromatic heterocycles. The van der Waals surface area contributed by atoms with E-state index >= 15 is 0 Å². The Morgan fingerprint density at radius 3 is 2.47 bits per heavy atom. The van der Waals surface area contributed by atoms with E-state index in [4.69, 9.17) is 5.73 Å². The SMILES string of the molecule is CC(N)c1ccc(N(CC(F)(F)F)C2CC2)cc1O. The minimum Gasteiger partial charge on any atom is -0.508 e. The highest BCUT2D eigenvalue weighted by Gasteiger charge is 2.38. The van der Waals surface area contributed by atoms with Crippen LogP contribution in [-0.2, 0) is 0 Å². The second-order valence-electron chi connectivity index (χ2n) is 5.01. The van der Waals surface area contributed by atoms with Crippen LogP contribution in [0.2, 0.25) is 0 Å². The van der Waals surface area contributed by atoms with Gasteiger partial charge in [-0.05, 0) is 25.8 Å². The number of hydrogen-bond donors (Lipinski definition) is 2. The van der Waals surface area contributed by atoms with Crippen molar-refractivity contribution in [3.8, 4) is 5.75 Å². The van der Waals surface area contributed by atoms with Gasteiger partial charge >= 0.3 is 6.18 Å². The fraction of sp³-hybridized carbons (Fsp3) is 0.538. The van der Waals surface area contributed by atoms with Crippen molar-refractivity contribution >= 4 is 5.69 Å². The van der Waals surface area contributed by atoms with E-state index in [0.29, 0.717) is 11.3 Å². The summed E-state index contributed by atoms with van der Waals surface area (Å²) in [7, 11) is 0. The number of phenols is 1. The van der Waals surface area contributed by atoms with Crippen LogP contribution in [0.25, 0.3) is 0 Å². The van der Waals surface area contributed by atoms with Gasteiger partial charge in [0.15, 0.2) is 0 Å². The molecular weight excluding hydrogens is 257 g/mol. The lowest BCUT2D eigenvalue weighted by atomic mass is 10.1. The van der Waals surface area contributed by atoms with Gasteiger partial charge in [-0.25, -0.2) is 0 Å². The van der Waals surface area contributed by atoms with Gasteiger partial charge in [0, 0.05) is 29.4 Å². The zero-order valence-corrected chi connectivity index (χ0v) is 10.6. The number of aromatic hydroxyl groups is 1. The van der Waals surface area contributed by atoms with E-state index in [1.165, 1.54) is 11.0 Å². The molecule has 6 heteroatoms. The monoisotopic (exact) mass is 274 g/mol. The first-order valence-corrected chi connectivity index (χ1v) is 6.20. The molecule has 0 amide bonds. The van der Waals surface area contributed by atoms with Crippen molar-refractivity contribution in [2.45, 2.75) is 38.0 Å². The first-order chi connectivity index (χ1) is 8.78. The quantitative estimate of drug-likeness (QED) is 0.887. The average molecular weight is 274 g/mol. The van der Waals surface area contributed by atoms with E-state index in [1.807, 2.05) is 0 Å². The Hall–Kier alpha value is -1.43. The second-order valence-corrected chi connectivity index (χ2v) is 5.01. The van der Waals surface area contributed by atoms with Crippen LogP contribution in [0.15, 0.2) is 18.2 Å². The molecule has 0 bridgehead atoms. The number of rotatable bonds is 4. The number of nitrogens with zero attached hydrogens (tertiary/aromatic N) is 1. The summed E-state index contributed by atoms with van der Waals surface area (Å²) < 4.78 is 37.7. The highest BCUT2D eigenvalue weighted by atomic mass is 19.4. The molecule has 1 atom stereocenters. The summed E-state index contributed by atoms with van der Waals surface area (Å²) in [6, 6.07) is 4.10. The van der Waals surface area contributed by atoms with Crippen LogP contribution in [0.3, 0.4) is 0 Å². The third-order valence-corrected chi connectivity index (χ3v) is 3.17. The van der Waals surface area contributed by atoms with E-state index in [-0.39, 0.29) is 17.8 Å². The molecule has 2 rings (SSSR count). The average Bonchev–Trinajstić information content (AvgIpc) is 3.07. The zero-order valence-electron chi connectivity index (χ0n) is 10.6. The molecule has 1 aliphatic carbocycles. The predicted molar refractivity (Wildman–Crippen MR) is 67.1 cm³/mol. The van der Waals surface area contributed by atoms with Crippen LogP contribution < -0.4 is 10.6 Å². The van der Waals surface area contributed by atoms with Crippen LogP contribution in [-0.4, -0.2) is 23.9 Å². The fourth-order valence-corrected chi connectivity index (χ4v) is 2.11. The van der Waals surface area contributed by atoms with Crippen molar-refractivity contribution in [1.82, 2.24) is 0 Å². The van der Waals surface area contributed by atoms with Gasteiger partial charge in [-0.3, -0.25) is 0 Å². The van der Waals surface area contributed by atoms with Crippen molar-refractivity contribution in [1.29, 1.82) is 0 Å². The number of nitrogens with two attached hydrogens (primary N) is 1. The normalized spacial score (nSPS) is 17.3. The van der Waals surface area contributed by atoms with Gasteiger partial charge in [-0.2, -0.15) is 13.2 Å². The molecule has 0 heterocycles. The van der Waals surface area contributed by atoms with Gasteiger partial charge in [0.25, 0.3) is 0 Å². The molecular formula is C13H17F3N2O. The molecule has 1 aliphatic rings. The lowest BCUT2D eigenvalue weighted by Gasteiger charge is -2.26. The molecule has 3 nitrogen and oxygen atoms in total. The Kier molecular flexibility index (Phi) is 3.62. The minimum absolute atomic E-state index is 0.0553. The zero-order chi connectivity index (χ0) is 14.2. The maximum atomic E-state index is 12.6. The Balaban J connectivity index is 2.25. The third kappa shape index (κ3) is 3.53. The summed E-state index contributed by atoms with van der Waals surface area (Å²) in [5.41, 5.74) is 6.59. The van der Waals surface area contributed by atoms with Crippen LogP contribution >= 0.6 is 0 Å². The molecule has 19 heavy (non-hydrogen) atoms. The van der Waals surface area contributed by atoms with E-state index in [2.05, 4.69) is 0 Å². The maximum Gasteiger partial charge on any atom is 0.405 e. The largest absolute Gasteiger partial charge is 0.508 e. The lowest BCUT2D eigenvalue weighted by molar-refractivity contribution is -0.120. The number of alkyl halides is 3. The van der Waals surface area contributed by atoms with Crippen molar-refractivity contribution in [3.05, 3.63) is 23.8 Å². The van der Waals surface area contributed by atoms with Crippen molar-refractivity contribution in [3.63, 3.8) is 0 Å². The predicted octanol–water partition coefficient (Wildman–Crippen LogP) is 2.94. The fourth-order valence-electron chi connectivity index (χ4n) is 2.11. The van der Waals surface area contributed by atoms with Crippen molar-refractivity contribution in [2.75, 3.05) is 11.4 Å². The van der Waals surface area contributed by atoms with Gasteiger partial charge in [0.2, 0.25) is 0 Å². The molecule has 1 saturated carbocycles. The van der Waals surface area contributed by atoms with E-state index in [9.17, 15) is 18.3 Å². The summed E-state index contributed by atoms with van der Waals surface area (Å²) in [4.78, 5) is 1.30. The third-order valence-electron chi connectivity index (χ3n) is 3.17. The van der Waals surface area contributed by atoms with Crippen molar-refractivity contribution in [2.24, 2.45) is 5.73 Å². The van der Waals surface area contributed by atoms with Gasteiger partial charge < -0.3 is 15.7 Å². The Morgan fingerprint density at radius 2 is 2.05 bits per heavy atom. The first kappa shape index (κ1) is 14.0. The van der Waals surface area contributed by atoms with Crippen LogP contribution in [0, 0.1) is 0 Å². The number of halogens is 3. The molecule has 1 aromatic carbocycles. The summed E-state index contributed by atoms with van der Waals surface area (Å²) in [6.07, 6.45) is -2.74. The Bertz CT molecular complexity index is 456. The molecule has 0 saturated heterocycles. The maximum absolute atomic E-state index is 12.6. The molecule has 0 aliphatic heterocycles. The number of anilines is 1. The van der Waals surface area contributed by atoms with Crippen LogP contribution in [0.4, 0.5) is 18.9 Å². The molecule has 106 valence electrons. The van der Waals surface area contributed by atoms with Crippen LogP contribution in [0.5, 0.6) is 5.75 Å². The van der Waals surface area contributed by atoms with E-state index in [1.54, 1.807) is 19.1 Å². The van der Waals surface area contributed by atoms with Crippen LogP contribution in [0.1, 0.15) is 31.4 Å². The van der Waals surface area contributed by atoms with Gasteiger partial charge in [-0.1, -0.05) is 6.07 Å². The topological polar surface area (TPSA) is 49.5 Å². The highest BCUT2D eigenvalue weighted by molar-refractivity contribution is 5.55. The summed E-state index contributed by atoms with van der Waals surface area (Å²) in [5, 5.41) is 9.82. The van der Waals surface area contributed by atoms with E-state index < -0.39 is 12.7 Å². The van der Waals surface area contributed by atoms with E-state index in [0.717, 1.165) is 12.8 Å². The van der Waals surface area contributed by atoms with Gasteiger partial charge in [-0.15, -0.1) is 0 Å². The molecule has 3 N–H and O–H groups in total. The highest BCUT2D eigenvalue weighted by Crippen LogP contribution is 2.37. The lowest BCUT2D eigenvalue weighted by Crippen LogP contribution is -2.35. The number of benzene rings is 1. The Morgan fingerprint density at radius 1 is 1.42 bits per heavy atom. The smallest absolute Gasteiger partial charge is 0.405 e. The molecule has 1 fully saturated rings. The summed E-state index contributed by atoms with van der Waals surface area (Å²) >= 11 is 0. The Labute approximate surface area is 109 Å². The first-order valence-electron chi connectivity index (χ1n) is 6.20. The van der Waals surface area contributed by atoms with Crippen molar-refractivity contribution < 1.29 is 18.3 Å². The summed E-state index contributed by atoms with van der Waals surface area (Å²) in [5.74, 6) is -0.0553. The standard InChI is InChI=1S/C13H17F3N2O/c1-8(17)11-5-4-10(6-12(11)19)18(9-2-3-9)7-13(14,15)16/h4-6,8-9,19H,2-3,7,17H2,1H3. The molecule has 1 unspecified atom stereocenters. The molecule has 0 spiro atoms. The second kappa shape index (κ2) is 4.92. The number of phenolic OH excluding ortho intramolecular Hbond substituents is 1.